The number of anilines is 1. The SMILES string of the molecule is CCOc1ccc(C(=O)NCC(=O)O[C@@H](C)C(=O)Nc2ccnn2[C@H](C)CC)cc1. The molecule has 0 fully saturated rings. The minimum atomic E-state index is -1.03. The zero-order valence-electron chi connectivity index (χ0n) is 17.7. The molecule has 0 bridgehead atoms. The monoisotopic (exact) mass is 416 g/mol. The Morgan fingerprint density at radius 2 is 1.80 bits per heavy atom. The van der Waals surface area contributed by atoms with Crippen molar-refractivity contribution >= 4 is 23.6 Å². The molecule has 1 aromatic heterocycles. The predicted molar refractivity (Wildman–Crippen MR) is 111 cm³/mol. The van der Waals surface area contributed by atoms with Crippen LogP contribution < -0.4 is 15.4 Å². The van der Waals surface area contributed by atoms with Gasteiger partial charge in [-0.1, -0.05) is 6.92 Å². The van der Waals surface area contributed by atoms with Gasteiger partial charge >= 0.3 is 5.97 Å². The van der Waals surface area contributed by atoms with Crippen molar-refractivity contribution in [2.24, 2.45) is 0 Å². The van der Waals surface area contributed by atoms with Gasteiger partial charge in [0.2, 0.25) is 0 Å². The fraction of sp³-hybridized carbons (Fsp3) is 0.429. The maximum Gasteiger partial charge on any atom is 0.326 e. The molecule has 30 heavy (non-hydrogen) atoms. The van der Waals surface area contributed by atoms with Crippen molar-refractivity contribution in [2.75, 3.05) is 18.5 Å². The second-order valence-electron chi connectivity index (χ2n) is 6.68. The number of hydrogen-bond acceptors (Lipinski definition) is 6. The highest BCUT2D eigenvalue weighted by atomic mass is 16.5. The quantitative estimate of drug-likeness (QED) is 0.576. The molecule has 0 unspecified atom stereocenters. The first-order valence-corrected chi connectivity index (χ1v) is 9.90. The first-order valence-electron chi connectivity index (χ1n) is 9.90. The maximum absolute atomic E-state index is 12.3. The molecule has 2 rings (SSSR count). The van der Waals surface area contributed by atoms with Gasteiger partial charge in [0.1, 0.15) is 18.1 Å². The third kappa shape index (κ3) is 6.33. The Bertz CT molecular complexity index is 863. The number of rotatable bonds is 10. The highest BCUT2D eigenvalue weighted by Crippen LogP contribution is 2.17. The van der Waals surface area contributed by atoms with Crippen LogP contribution in [0.4, 0.5) is 5.82 Å². The van der Waals surface area contributed by atoms with Gasteiger partial charge in [-0.3, -0.25) is 14.4 Å². The number of ether oxygens (including phenoxy) is 2. The molecule has 2 amide bonds. The van der Waals surface area contributed by atoms with Gasteiger partial charge in [0.05, 0.1) is 18.8 Å². The zero-order valence-corrected chi connectivity index (χ0v) is 17.7. The van der Waals surface area contributed by atoms with E-state index in [1.165, 1.54) is 6.92 Å². The van der Waals surface area contributed by atoms with Gasteiger partial charge in [0.15, 0.2) is 6.10 Å². The Labute approximate surface area is 175 Å². The van der Waals surface area contributed by atoms with Crippen molar-refractivity contribution in [1.82, 2.24) is 15.1 Å². The van der Waals surface area contributed by atoms with E-state index in [0.29, 0.717) is 23.7 Å². The maximum atomic E-state index is 12.3. The highest BCUT2D eigenvalue weighted by molar-refractivity contribution is 5.97. The molecule has 1 heterocycles. The van der Waals surface area contributed by atoms with Crippen molar-refractivity contribution in [1.29, 1.82) is 0 Å². The third-order valence-corrected chi connectivity index (χ3v) is 4.43. The van der Waals surface area contributed by atoms with Crippen LogP contribution in [0.1, 0.15) is 50.5 Å². The van der Waals surface area contributed by atoms with Crippen LogP contribution in [0, 0.1) is 0 Å². The lowest BCUT2D eigenvalue weighted by atomic mass is 10.2. The van der Waals surface area contributed by atoms with Crippen molar-refractivity contribution in [2.45, 2.75) is 46.3 Å². The molecular weight excluding hydrogens is 388 g/mol. The van der Waals surface area contributed by atoms with Crippen LogP contribution in [0.2, 0.25) is 0 Å². The number of nitrogens with zero attached hydrogens (tertiary/aromatic N) is 2. The first kappa shape index (κ1) is 22.9. The molecule has 2 atom stereocenters. The Morgan fingerprint density at radius 3 is 2.43 bits per heavy atom. The second kappa shape index (κ2) is 11.0. The Hall–Kier alpha value is -3.36. The molecule has 1 aromatic carbocycles. The molecule has 0 saturated heterocycles. The van der Waals surface area contributed by atoms with Crippen LogP contribution in [0.15, 0.2) is 36.5 Å². The van der Waals surface area contributed by atoms with Gasteiger partial charge in [-0.25, -0.2) is 4.68 Å². The minimum absolute atomic E-state index is 0.117. The number of hydrogen-bond donors (Lipinski definition) is 2. The molecule has 0 radical (unpaired) electrons. The molecule has 2 aromatic rings. The van der Waals surface area contributed by atoms with Crippen LogP contribution in [-0.2, 0) is 14.3 Å². The fourth-order valence-corrected chi connectivity index (χ4v) is 2.58. The molecule has 9 nitrogen and oxygen atoms in total. The van der Waals surface area contributed by atoms with Crippen molar-refractivity contribution in [3.05, 3.63) is 42.1 Å². The second-order valence-corrected chi connectivity index (χ2v) is 6.68. The summed E-state index contributed by atoms with van der Waals surface area (Å²) >= 11 is 0. The molecule has 0 saturated carbocycles. The molecule has 0 aliphatic rings. The molecule has 2 N–H and O–H groups in total. The van der Waals surface area contributed by atoms with Crippen LogP contribution in [0.25, 0.3) is 0 Å². The normalized spacial score (nSPS) is 12.5. The summed E-state index contributed by atoms with van der Waals surface area (Å²) in [6.07, 6.45) is 1.41. The third-order valence-electron chi connectivity index (χ3n) is 4.43. The number of benzene rings is 1. The molecular formula is C21H28N4O5. The number of nitrogens with one attached hydrogen (secondary N) is 2. The van der Waals surface area contributed by atoms with E-state index in [1.807, 2.05) is 20.8 Å². The van der Waals surface area contributed by atoms with E-state index in [-0.39, 0.29) is 12.6 Å². The first-order chi connectivity index (χ1) is 14.3. The fourth-order valence-electron chi connectivity index (χ4n) is 2.58. The highest BCUT2D eigenvalue weighted by Gasteiger charge is 2.20. The van der Waals surface area contributed by atoms with E-state index in [9.17, 15) is 14.4 Å². The Balaban J connectivity index is 1.81. The summed E-state index contributed by atoms with van der Waals surface area (Å²) in [5.74, 6) is -0.438. The van der Waals surface area contributed by atoms with Crippen molar-refractivity contribution in [3.8, 4) is 5.75 Å². The standard InChI is InChI=1S/C21H28N4O5/c1-5-14(3)25-18(11-12-23-25)24-20(27)15(4)30-19(26)13-22-21(28)16-7-9-17(10-8-16)29-6-2/h7-12,14-15H,5-6,13H2,1-4H3,(H,22,28)(H,24,27)/t14-,15+/m1/s1. The van der Waals surface area contributed by atoms with Gasteiger partial charge in [0, 0.05) is 11.6 Å². The number of aromatic nitrogens is 2. The van der Waals surface area contributed by atoms with Crippen LogP contribution >= 0.6 is 0 Å². The van der Waals surface area contributed by atoms with E-state index >= 15 is 0 Å². The van der Waals surface area contributed by atoms with Crippen molar-refractivity contribution < 1.29 is 23.9 Å². The summed E-state index contributed by atoms with van der Waals surface area (Å²) in [6, 6.07) is 8.34. The number of esters is 1. The van der Waals surface area contributed by atoms with Gasteiger partial charge in [-0.05, 0) is 51.5 Å². The van der Waals surface area contributed by atoms with E-state index < -0.39 is 23.9 Å². The lowest BCUT2D eigenvalue weighted by Crippen LogP contribution is -2.36. The number of amides is 2. The van der Waals surface area contributed by atoms with Crippen LogP contribution in [0.3, 0.4) is 0 Å². The summed E-state index contributed by atoms with van der Waals surface area (Å²) in [5.41, 5.74) is 0.385. The number of carbonyl (C=O) groups excluding carboxylic acids is 3. The average molecular weight is 416 g/mol. The summed E-state index contributed by atoms with van der Waals surface area (Å²) < 4.78 is 12.1. The van der Waals surface area contributed by atoms with E-state index in [0.717, 1.165) is 6.42 Å². The summed E-state index contributed by atoms with van der Waals surface area (Å²) in [7, 11) is 0. The van der Waals surface area contributed by atoms with Gasteiger partial charge in [-0.15, -0.1) is 0 Å². The van der Waals surface area contributed by atoms with Gasteiger partial charge in [-0.2, -0.15) is 5.10 Å². The Morgan fingerprint density at radius 1 is 1.10 bits per heavy atom. The lowest BCUT2D eigenvalue weighted by molar-refractivity contribution is -0.152. The van der Waals surface area contributed by atoms with Gasteiger partial charge < -0.3 is 20.1 Å². The minimum Gasteiger partial charge on any atom is -0.494 e. The summed E-state index contributed by atoms with van der Waals surface area (Å²) in [6.45, 7) is 7.51. The Kier molecular flexibility index (Phi) is 8.40. The molecule has 0 spiro atoms. The largest absolute Gasteiger partial charge is 0.494 e. The molecule has 162 valence electrons. The van der Waals surface area contributed by atoms with E-state index in [1.54, 1.807) is 41.2 Å². The lowest BCUT2D eigenvalue weighted by Gasteiger charge is -2.17. The predicted octanol–water partition coefficient (Wildman–Crippen LogP) is 2.55. The summed E-state index contributed by atoms with van der Waals surface area (Å²) in [4.78, 5) is 36.5. The molecule has 9 heteroatoms. The molecule has 0 aliphatic carbocycles. The van der Waals surface area contributed by atoms with Gasteiger partial charge in [0.25, 0.3) is 11.8 Å². The molecule has 0 aliphatic heterocycles. The smallest absolute Gasteiger partial charge is 0.326 e. The zero-order chi connectivity index (χ0) is 22.1. The van der Waals surface area contributed by atoms with E-state index in [4.69, 9.17) is 9.47 Å². The average Bonchev–Trinajstić information content (AvgIpc) is 3.20. The van der Waals surface area contributed by atoms with Crippen molar-refractivity contribution in [3.63, 3.8) is 0 Å². The van der Waals surface area contributed by atoms with Crippen LogP contribution in [-0.4, -0.2) is 46.8 Å². The van der Waals surface area contributed by atoms with E-state index in [2.05, 4.69) is 15.7 Å². The topological polar surface area (TPSA) is 112 Å². The summed E-state index contributed by atoms with van der Waals surface area (Å²) in [5, 5.41) is 9.37. The number of carbonyl (C=O) groups is 3. The van der Waals surface area contributed by atoms with Crippen LogP contribution in [0.5, 0.6) is 5.75 Å².